The van der Waals surface area contributed by atoms with Gasteiger partial charge < -0.3 is 25.3 Å². The molecule has 2 aromatic rings. The summed E-state index contributed by atoms with van der Waals surface area (Å²) in [4.78, 5) is 62.3. The van der Waals surface area contributed by atoms with Crippen molar-refractivity contribution in [3.63, 3.8) is 0 Å². The molecule has 2 amide bonds. The standard InChI is InChI=1S/C26H29F2N3O3.C4H6O6/c27-22-8-6-20(7-9-22)24(32)14-19-10-13-29(15-19)11-3-12-31-25(33)17-30(18-26(31)34)16-21-4-1-2-5-23(21)28;5-1(3(7)8)2(6)4(9)10/h1-2,4-9,19H,3,10-18H2;1-2,5-6H,(H,7,8)(H,9,10). The summed E-state index contributed by atoms with van der Waals surface area (Å²) in [6.07, 6.45) is -2.51. The van der Waals surface area contributed by atoms with Crippen molar-refractivity contribution in [3.8, 4) is 0 Å². The van der Waals surface area contributed by atoms with Gasteiger partial charge in [0.1, 0.15) is 11.6 Å². The fourth-order valence-electron chi connectivity index (χ4n) is 5.00. The van der Waals surface area contributed by atoms with E-state index in [-0.39, 0.29) is 54.8 Å². The first-order valence-corrected chi connectivity index (χ1v) is 14.0. The lowest BCUT2D eigenvalue weighted by Gasteiger charge is -2.33. The van der Waals surface area contributed by atoms with Crippen LogP contribution < -0.4 is 0 Å². The fourth-order valence-corrected chi connectivity index (χ4v) is 5.00. The smallest absolute Gasteiger partial charge is 0.335 e. The van der Waals surface area contributed by atoms with Crippen LogP contribution >= 0.6 is 0 Å². The van der Waals surface area contributed by atoms with E-state index in [9.17, 15) is 32.8 Å². The number of carboxylic acid groups (broad SMARTS) is 2. The summed E-state index contributed by atoms with van der Waals surface area (Å²) < 4.78 is 26.9. The maximum Gasteiger partial charge on any atom is 0.335 e. The molecule has 0 radical (unpaired) electrons. The molecule has 4 N–H and O–H groups in total. The highest BCUT2D eigenvalue weighted by molar-refractivity contribution is 5.99. The lowest BCUT2D eigenvalue weighted by atomic mass is 9.97. The van der Waals surface area contributed by atoms with Crippen molar-refractivity contribution in [3.05, 3.63) is 71.3 Å². The normalized spacial score (nSPS) is 18.8. The minimum atomic E-state index is -2.27. The number of hydrogen-bond donors (Lipinski definition) is 4. The Morgan fingerprint density at radius 1 is 0.841 bits per heavy atom. The van der Waals surface area contributed by atoms with E-state index in [1.165, 1.54) is 35.2 Å². The number of aliphatic hydroxyl groups excluding tert-OH is 2. The molecule has 0 saturated carbocycles. The molecule has 0 aromatic heterocycles. The van der Waals surface area contributed by atoms with Gasteiger partial charge in [-0.3, -0.25) is 24.2 Å². The van der Waals surface area contributed by atoms with Crippen molar-refractivity contribution in [2.75, 3.05) is 39.3 Å². The maximum absolute atomic E-state index is 13.9. The van der Waals surface area contributed by atoms with E-state index < -0.39 is 24.1 Å². The molecule has 0 spiro atoms. The minimum Gasteiger partial charge on any atom is -0.479 e. The van der Waals surface area contributed by atoms with E-state index >= 15 is 0 Å². The van der Waals surface area contributed by atoms with Crippen LogP contribution in [0.4, 0.5) is 8.78 Å². The molecule has 238 valence electrons. The van der Waals surface area contributed by atoms with Crippen LogP contribution in [0.3, 0.4) is 0 Å². The number of imide groups is 1. The molecule has 3 atom stereocenters. The molecular formula is C30H35F2N3O9. The fraction of sp³-hybridized carbons (Fsp3) is 0.433. The Hall–Kier alpha value is -4.11. The zero-order valence-corrected chi connectivity index (χ0v) is 23.8. The Kier molecular flexibility index (Phi) is 12.6. The van der Waals surface area contributed by atoms with Crippen LogP contribution in [0.25, 0.3) is 0 Å². The minimum absolute atomic E-state index is 0.0244. The number of rotatable bonds is 12. The first-order valence-electron chi connectivity index (χ1n) is 14.0. The van der Waals surface area contributed by atoms with Crippen LogP contribution in [0, 0.1) is 17.6 Å². The molecule has 12 nitrogen and oxygen atoms in total. The summed E-state index contributed by atoms with van der Waals surface area (Å²) in [5, 5.41) is 32.5. The molecule has 2 fully saturated rings. The molecule has 44 heavy (non-hydrogen) atoms. The van der Waals surface area contributed by atoms with Gasteiger partial charge in [0, 0.05) is 37.2 Å². The highest BCUT2D eigenvalue weighted by atomic mass is 19.1. The largest absolute Gasteiger partial charge is 0.479 e. The molecule has 2 heterocycles. The molecule has 2 aliphatic heterocycles. The topological polar surface area (TPSA) is 176 Å². The van der Waals surface area contributed by atoms with Crippen molar-refractivity contribution in [2.45, 2.75) is 38.0 Å². The Bertz CT molecular complexity index is 1310. The van der Waals surface area contributed by atoms with E-state index in [2.05, 4.69) is 4.90 Å². The number of carbonyl (C=O) groups excluding carboxylic acids is 3. The number of halogens is 2. The second-order valence-electron chi connectivity index (χ2n) is 10.7. The number of carboxylic acids is 2. The number of piperazine rings is 1. The van der Waals surface area contributed by atoms with Crippen molar-refractivity contribution >= 4 is 29.5 Å². The van der Waals surface area contributed by atoms with E-state index in [0.717, 1.165) is 26.1 Å². The number of amides is 2. The summed E-state index contributed by atoms with van der Waals surface area (Å²) in [5.41, 5.74) is 1.00. The Balaban J connectivity index is 0.000000456. The molecule has 2 aromatic carbocycles. The molecule has 2 aliphatic rings. The van der Waals surface area contributed by atoms with E-state index in [1.807, 2.05) is 0 Å². The van der Waals surface area contributed by atoms with Crippen LogP contribution in [-0.4, -0.2) is 116 Å². The maximum atomic E-state index is 13.9. The molecule has 14 heteroatoms. The van der Waals surface area contributed by atoms with Crippen LogP contribution in [0.5, 0.6) is 0 Å². The molecule has 0 bridgehead atoms. The number of Topliss-reactive ketones (excluding diaryl/α,β-unsaturated/α-hetero) is 1. The Labute approximate surface area is 252 Å². The number of ketones is 1. The van der Waals surface area contributed by atoms with Gasteiger partial charge in [0.25, 0.3) is 0 Å². The average Bonchev–Trinajstić information content (AvgIpc) is 3.42. The summed E-state index contributed by atoms with van der Waals surface area (Å²) >= 11 is 0. The van der Waals surface area contributed by atoms with E-state index in [1.54, 1.807) is 23.1 Å². The van der Waals surface area contributed by atoms with Crippen LogP contribution in [0.1, 0.15) is 35.2 Å². The highest BCUT2D eigenvalue weighted by Crippen LogP contribution is 2.22. The van der Waals surface area contributed by atoms with Gasteiger partial charge in [-0.2, -0.15) is 0 Å². The van der Waals surface area contributed by atoms with Crippen molar-refractivity contribution in [1.29, 1.82) is 0 Å². The molecular weight excluding hydrogens is 584 g/mol. The van der Waals surface area contributed by atoms with Crippen LogP contribution in [0.15, 0.2) is 48.5 Å². The summed E-state index contributed by atoms with van der Waals surface area (Å²) in [7, 11) is 0. The van der Waals surface area contributed by atoms with Gasteiger partial charge in [-0.1, -0.05) is 18.2 Å². The molecule has 2 saturated heterocycles. The number of benzene rings is 2. The van der Waals surface area contributed by atoms with Gasteiger partial charge in [0.2, 0.25) is 11.8 Å². The zero-order valence-electron chi connectivity index (χ0n) is 23.8. The van der Waals surface area contributed by atoms with Gasteiger partial charge in [0.15, 0.2) is 18.0 Å². The zero-order chi connectivity index (χ0) is 32.4. The molecule has 4 rings (SSSR count). The average molecular weight is 620 g/mol. The Morgan fingerprint density at radius 2 is 1.43 bits per heavy atom. The first kappa shape index (κ1) is 34.4. The quantitative estimate of drug-likeness (QED) is 0.197. The third-order valence-electron chi connectivity index (χ3n) is 7.34. The summed E-state index contributed by atoms with van der Waals surface area (Å²) in [5.74, 6) is -4.46. The second-order valence-corrected chi connectivity index (χ2v) is 10.7. The van der Waals surface area contributed by atoms with E-state index in [4.69, 9.17) is 20.4 Å². The van der Waals surface area contributed by atoms with Crippen molar-refractivity contribution < 1.29 is 53.2 Å². The number of aliphatic hydroxyl groups is 2. The van der Waals surface area contributed by atoms with Crippen molar-refractivity contribution in [1.82, 2.24) is 14.7 Å². The molecule has 3 unspecified atom stereocenters. The second kappa shape index (κ2) is 16.1. The number of nitrogens with zero attached hydrogens (tertiary/aromatic N) is 3. The van der Waals surface area contributed by atoms with Crippen LogP contribution in [0.2, 0.25) is 0 Å². The van der Waals surface area contributed by atoms with Gasteiger partial charge in [-0.25, -0.2) is 18.4 Å². The number of hydrogen-bond acceptors (Lipinski definition) is 9. The van der Waals surface area contributed by atoms with Crippen LogP contribution in [-0.2, 0) is 25.7 Å². The van der Waals surface area contributed by atoms with Crippen molar-refractivity contribution in [2.24, 2.45) is 5.92 Å². The highest BCUT2D eigenvalue weighted by Gasteiger charge is 2.32. The van der Waals surface area contributed by atoms with Gasteiger partial charge in [-0.05, 0) is 62.2 Å². The summed E-state index contributed by atoms with van der Waals surface area (Å²) in [6, 6.07) is 12.0. The van der Waals surface area contributed by atoms with Gasteiger partial charge >= 0.3 is 11.9 Å². The number of carbonyl (C=O) groups is 5. The van der Waals surface area contributed by atoms with E-state index in [0.29, 0.717) is 30.5 Å². The summed E-state index contributed by atoms with van der Waals surface area (Å²) in [6.45, 7) is 3.20. The van der Waals surface area contributed by atoms with Gasteiger partial charge in [0.05, 0.1) is 13.1 Å². The Morgan fingerprint density at radius 3 is 2.00 bits per heavy atom. The predicted octanol–water partition coefficient (Wildman–Crippen LogP) is 0.998. The lowest BCUT2D eigenvalue weighted by molar-refractivity contribution is -0.165. The number of likely N-dealkylation sites (tertiary alicyclic amines) is 1. The lowest BCUT2D eigenvalue weighted by Crippen LogP contribution is -2.54. The predicted molar refractivity (Wildman–Crippen MR) is 150 cm³/mol. The number of aliphatic carboxylic acids is 2. The van der Waals surface area contributed by atoms with Gasteiger partial charge in [-0.15, -0.1) is 0 Å². The molecule has 0 aliphatic carbocycles. The SMILES string of the molecule is O=C(CC1CCN(CCCN2C(=O)CN(Cc3ccccc3F)CC2=O)C1)c1ccc(F)cc1.O=C(O)C(O)C(O)C(=O)O. The third kappa shape index (κ3) is 9.98. The third-order valence-corrected chi connectivity index (χ3v) is 7.34. The first-order chi connectivity index (χ1) is 20.8. The monoisotopic (exact) mass is 619 g/mol.